The first-order valence-corrected chi connectivity index (χ1v) is 15.1. The molecule has 1 fully saturated rings. The van der Waals surface area contributed by atoms with E-state index in [1.54, 1.807) is 38.9 Å². The molecule has 2 aliphatic rings. The van der Waals surface area contributed by atoms with E-state index >= 15 is 0 Å². The van der Waals surface area contributed by atoms with Gasteiger partial charge < -0.3 is 29.0 Å². The van der Waals surface area contributed by atoms with E-state index < -0.39 is 17.7 Å². The van der Waals surface area contributed by atoms with Crippen molar-refractivity contribution in [2.24, 2.45) is 5.92 Å². The summed E-state index contributed by atoms with van der Waals surface area (Å²) < 4.78 is 13.7. The van der Waals surface area contributed by atoms with Gasteiger partial charge in [0, 0.05) is 34.5 Å². The maximum absolute atomic E-state index is 13.3. The fraction of sp³-hybridized carbons (Fsp3) is 0.519. The van der Waals surface area contributed by atoms with E-state index in [1.165, 1.54) is 16.7 Å². The van der Waals surface area contributed by atoms with Crippen molar-refractivity contribution >= 4 is 50.9 Å². The zero-order valence-electron chi connectivity index (χ0n) is 23.4. The SMILES string of the molecule is C[C@H](C(=O)N1CCC[C@@H](CCn2cnc(=N)c3[nH]c(Sc4cc5c(cc4Br)OCO5)nc32)C1)N(C(=O)O)C(C)(C)C. The second-order valence-electron chi connectivity index (χ2n) is 11.3. The van der Waals surface area contributed by atoms with Crippen LogP contribution in [0, 0.1) is 11.3 Å². The van der Waals surface area contributed by atoms with Gasteiger partial charge in [0.25, 0.3) is 0 Å². The van der Waals surface area contributed by atoms with Gasteiger partial charge in [-0.25, -0.2) is 14.8 Å². The molecule has 2 amide bonds. The highest BCUT2D eigenvalue weighted by molar-refractivity contribution is 9.10. The molecule has 3 aromatic rings. The van der Waals surface area contributed by atoms with E-state index in [1.807, 2.05) is 16.7 Å². The van der Waals surface area contributed by atoms with Gasteiger partial charge in [-0.1, -0.05) is 11.8 Å². The van der Waals surface area contributed by atoms with Crippen LogP contribution in [0.4, 0.5) is 4.79 Å². The average Bonchev–Trinajstić information content (AvgIpc) is 3.54. The van der Waals surface area contributed by atoms with E-state index in [4.69, 9.17) is 19.9 Å². The number of nitrogens with one attached hydrogen (secondary N) is 2. The lowest BCUT2D eigenvalue weighted by Gasteiger charge is -2.41. The van der Waals surface area contributed by atoms with Gasteiger partial charge in [0.05, 0.1) is 6.33 Å². The fourth-order valence-electron chi connectivity index (χ4n) is 5.49. The predicted molar refractivity (Wildman–Crippen MR) is 155 cm³/mol. The molecular weight excluding hydrogens is 614 g/mol. The number of fused-ring (bicyclic) bond motifs is 2. The number of piperidine rings is 1. The molecule has 0 radical (unpaired) electrons. The number of nitrogens with zero attached hydrogens (tertiary/aromatic N) is 5. The number of benzene rings is 1. The van der Waals surface area contributed by atoms with Gasteiger partial charge in [0.15, 0.2) is 27.8 Å². The number of carbonyl (C=O) groups excluding carboxylic acids is 1. The zero-order chi connectivity index (χ0) is 29.5. The summed E-state index contributed by atoms with van der Waals surface area (Å²) >= 11 is 5.00. The van der Waals surface area contributed by atoms with Gasteiger partial charge in [0.2, 0.25) is 12.7 Å². The predicted octanol–water partition coefficient (Wildman–Crippen LogP) is 4.68. The first-order chi connectivity index (χ1) is 19.4. The van der Waals surface area contributed by atoms with Crippen LogP contribution in [0.15, 0.2) is 33.0 Å². The molecule has 0 aliphatic carbocycles. The summed E-state index contributed by atoms with van der Waals surface area (Å²) in [4.78, 5) is 41.4. The number of hydrogen-bond acceptors (Lipinski definition) is 8. The van der Waals surface area contributed by atoms with Gasteiger partial charge >= 0.3 is 6.09 Å². The van der Waals surface area contributed by atoms with Gasteiger partial charge in [0.1, 0.15) is 11.6 Å². The van der Waals surface area contributed by atoms with Crippen molar-refractivity contribution in [3.05, 3.63) is 28.4 Å². The van der Waals surface area contributed by atoms with Crippen LogP contribution in [-0.4, -0.2) is 77.9 Å². The molecule has 41 heavy (non-hydrogen) atoms. The Morgan fingerprint density at radius 3 is 2.76 bits per heavy atom. The lowest BCUT2D eigenvalue weighted by molar-refractivity contribution is -0.139. The number of likely N-dealkylation sites (tertiary alicyclic amines) is 1. The molecule has 0 saturated carbocycles. The summed E-state index contributed by atoms with van der Waals surface area (Å²) in [5.41, 5.74) is 0.626. The van der Waals surface area contributed by atoms with Crippen molar-refractivity contribution in [3.8, 4) is 11.5 Å². The van der Waals surface area contributed by atoms with Crippen LogP contribution in [0.1, 0.15) is 47.0 Å². The fourth-order valence-corrected chi connectivity index (χ4v) is 6.87. The second-order valence-corrected chi connectivity index (χ2v) is 13.2. The number of H-pyrrole nitrogens is 1. The summed E-state index contributed by atoms with van der Waals surface area (Å²) in [6, 6.07) is 3.00. The standard InChI is InChI=1S/C27H34BrN7O5S/c1-15(35(26(37)38)27(2,3)4)24(36)33-8-5-6-16(12-33)7-9-34-13-30-22(29)21-23(34)32-25(31-21)41-20-11-19-18(10-17(20)28)39-14-40-19/h10-11,13,15-16,29H,5-9,12,14H2,1-4H3,(H,31,32)(H,37,38)/t15-,16+/m1/s1. The Morgan fingerprint density at radius 1 is 1.32 bits per heavy atom. The lowest BCUT2D eigenvalue weighted by atomic mass is 9.94. The molecule has 220 valence electrons. The van der Waals surface area contributed by atoms with Crippen molar-refractivity contribution in [2.45, 2.75) is 75.1 Å². The van der Waals surface area contributed by atoms with E-state index in [-0.39, 0.29) is 24.1 Å². The number of halogens is 1. The number of ether oxygens (including phenoxy) is 2. The summed E-state index contributed by atoms with van der Waals surface area (Å²) in [6.45, 7) is 9.07. The normalized spacial score (nSPS) is 17.6. The van der Waals surface area contributed by atoms with Crippen molar-refractivity contribution in [1.82, 2.24) is 29.3 Å². The quantitative estimate of drug-likeness (QED) is 0.335. The number of amides is 2. The van der Waals surface area contributed by atoms with Gasteiger partial charge in [-0.3, -0.25) is 15.1 Å². The molecule has 0 bridgehead atoms. The molecule has 4 heterocycles. The number of rotatable bonds is 7. The van der Waals surface area contributed by atoms with Gasteiger partial charge in [-0.2, -0.15) is 0 Å². The molecule has 2 aromatic heterocycles. The summed E-state index contributed by atoms with van der Waals surface area (Å²) in [5, 5.41) is 18.7. The molecule has 12 nitrogen and oxygen atoms in total. The molecule has 14 heteroatoms. The van der Waals surface area contributed by atoms with Crippen molar-refractivity contribution in [1.29, 1.82) is 5.41 Å². The first kappa shape index (κ1) is 29.2. The lowest BCUT2D eigenvalue weighted by Crippen LogP contribution is -2.57. The molecule has 2 aliphatic heterocycles. The van der Waals surface area contributed by atoms with Crippen molar-refractivity contribution in [2.75, 3.05) is 19.9 Å². The van der Waals surface area contributed by atoms with Crippen LogP contribution in [0.5, 0.6) is 11.5 Å². The number of aromatic nitrogens is 4. The minimum Gasteiger partial charge on any atom is -0.465 e. The van der Waals surface area contributed by atoms with Crippen LogP contribution >= 0.6 is 27.7 Å². The largest absolute Gasteiger partial charge is 0.465 e. The topological polar surface area (TPSA) is 150 Å². The minimum atomic E-state index is -1.10. The molecular formula is C27H34BrN7O5S. The van der Waals surface area contributed by atoms with Crippen LogP contribution < -0.4 is 15.0 Å². The Bertz CT molecular complexity index is 1530. The van der Waals surface area contributed by atoms with Crippen molar-refractivity contribution in [3.63, 3.8) is 0 Å². The number of aromatic amines is 1. The third kappa shape index (κ3) is 6.17. The molecule has 1 saturated heterocycles. The second kappa shape index (κ2) is 11.6. The molecule has 5 rings (SSSR count). The molecule has 0 unspecified atom stereocenters. The Hall–Kier alpha value is -3.26. The van der Waals surface area contributed by atoms with Crippen molar-refractivity contribution < 1.29 is 24.2 Å². The Labute approximate surface area is 250 Å². The minimum absolute atomic E-state index is 0.116. The smallest absolute Gasteiger partial charge is 0.408 e. The Balaban J connectivity index is 1.28. The highest BCUT2D eigenvalue weighted by Gasteiger charge is 2.37. The number of carbonyl (C=O) groups is 2. The molecule has 2 atom stereocenters. The highest BCUT2D eigenvalue weighted by Crippen LogP contribution is 2.42. The van der Waals surface area contributed by atoms with E-state index in [2.05, 4.69) is 25.9 Å². The highest BCUT2D eigenvalue weighted by atomic mass is 79.9. The summed E-state index contributed by atoms with van der Waals surface area (Å²) in [7, 11) is 0. The maximum Gasteiger partial charge on any atom is 0.408 e. The van der Waals surface area contributed by atoms with E-state index in [9.17, 15) is 14.7 Å². The molecule has 1 aromatic carbocycles. The number of imidazole rings is 1. The monoisotopic (exact) mass is 647 g/mol. The first-order valence-electron chi connectivity index (χ1n) is 13.5. The number of carboxylic acid groups (broad SMARTS) is 1. The maximum atomic E-state index is 13.3. The zero-order valence-corrected chi connectivity index (χ0v) is 25.8. The molecule has 3 N–H and O–H groups in total. The third-order valence-corrected chi connectivity index (χ3v) is 9.28. The van der Waals surface area contributed by atoms with Crippen LogP contribution in [-0.2, 0) is 11.3 Å². The average molecular weight is 649 g/mol. The molecule has 0 spiro atoms. The third-order valence-electron chi connectivity index (χ3n) is 7.41. The van der Waals surface area contributed by atoms with Gasteiger partial charge in [-0.05, 0) is 80.9 Å². The number of hydrogen-bond donors (Lipinski definition) is 3. The van der Waals surface area contributed by atoms with Gasteiger partial charge in [-0.15, -0.1) is 0 Å². The Kier molecular flexibility index (Phi) is 8.24. The summed E-state index contributed by atoms with van der Waals surface area (Å²) in [6.07, 6.45) is 3.18. The van der Waals surface area contributed by atoms with E-state index in [0.29, 0.717) is 47.5 Å². The Morgan fingerprint density at radius 2 is 2.05 bits per heavy atom. The van der Waals surface area contributed by atoms with Crippen LogP contribution in [0.3, 0.4) is 0 Å². The van der Waals surface area contributed by atoms with Crippen LogP contribution in [0.25, 0.3) is 11.2 Å². The summed E-state index contributed by atoms with van der Waals surface area (Å²) in [5.74, 6) is 1.45. The number of aryl methyl sites for hydroxylation is 1. The van der Waals surface area contributed by atoms with E-state index in [0.717, 1.165) is 28.6 Å². The van der Waals surface area contributed by atoms with Crippen LogP contribution in [0.2, 0.25) is 0 Å².